The monoisotopic (exact) mass is 405 g/mol. The lowest BCUT2D eigenvalue weighted by molar-refractivity contribution is 0.385. The van der Waals surface area contributed by atoms with Crippen LogP contribution in [0.1, 0.15) is 38.1 Å². The molecule has 25 heavy (non-hydrogen) atoms. The highest BCUT2D eigenvalue weighted by Gasteiger charge is 2.21. The molecule has 0 saturated heterocycles. The molecule has 0 aliphatic carbocycles. The Kier molecular flexibility index (Phi) is 6.37. The summed E-state index contributed by atoms with van der Waals surface area (Å²) in [7, 11) is -3.32. The van der Waals surface area contributed by atoms with E-state index < -0.39 is 10.0 Å². The fourth-order valence-corrected chi connectivity index (χ4v) is 3.26. The van der Waals surface area contributed by atoms with E-state index in [4.69, 9.17) is 27.9 Å². The van der Waals surface area contributed by atoms with Crippen LogP contribution < -0.4 is 9.46 Å². The van der Waals surface area contributed by atoms with Crippen molar-refractivity contribution < 1.29 is 13.2 Å². The fraction of sp³-hybridized carbons (Fsp3) is 0.438. The SMILES string of the molecule is CCc1c(CNS(C)(=O)=O)nn(C(C)C)c1Oc1cc(Cl)cc(Cl)c1. The lowest BCUT2D eigenvalue weighted by Gasteiger charge is -2.13. The van der Waals surface area contributed by atoms with E-state index in [0.717, 1.165) is 11.8 Å². The molecule has 1 aromatic carbocycles. The molecule has 0 fully saturated rings. The van der Waals surface area contributed by atoms with Crippen LogP contribution >= 0.6 is 23.2 Å². The minimum absolute atomic E-state index is 0.0296. The molecule has 0 saturated carbocycles. The average molecular weight is 406 g/mol. The predicted octanol–water partition coefficient (Wildman–Crippen LogP) is 4.17. The smallest absolute Gasteiger partial charge is 0.221 e. The first-order chi connectivity index (χ1) is 11.6. The van der Waals surface area contributed by atoms with E-state index >= 15 is 0 Å². The van der Waals surface area contributed by atoms with E-state index in [-0.39, 0.29) is 12.6 Å². The Labute approximate surface area is 158 Å². The van der Waals surface area contributed by atoms with E-state index in [9.17, 15) is 8.42 Å². The molecule has 0 aliphatic rings. The van der Waals surface area contributed by atoms with Gasteiger partial charge >= 0.3 is 0 Å². The predicted molar refractivity (Wildman–Crippen MR) is 100 cm³/mol. The zero-order chi connectivity index (χ0) is 18.8. The van der Waals surface area contributed by atoms with Gasteiger partial charge in [0.25, 0.3) is 0 Å². The van der Waals surface area contributed by atoms with Gasteiger partial charge in [-0.05, 0) is 38.5 Å². The van der Waals surface area contributed by atoms with Crippen LogP contribution in [-0.4, -0.2) is 24.5 Å². The number of aromatic nitrogens is 2. The molecule has 0 spiro atoms. The maximum absolute atomic E-state index is 11.4. The van der Waals surface area contributed by atoms with Crippen molar-refractivity contribution in [3.8, 4) is 11.6 Å². The Bertz CT molecular complexity index is 844. The summed E-state index contributed by atoms with van der Waals surface area (Å²) in [5.41, 5.74) is 1.46. The van der Waals surface area contributed by atoms with Crippen LogP contribution in [0.4, 0.5) is 0 Å². The molecule has 2 aromatic rings. The standard InChI is InChI=1S/C16H21Cl2N3O3S/c1-5-14-15(9-19-25(4,22)23)20-21(10(2)3)16(14)24-13-7-11(17)6-12(18)8-13/h6-8,10,19H,5,9H2,1-4H3. The van der Waals surface area contributed by atoms with Crippen LogP contribution in [0.25, 0.3) is 0 Å². The van der Waals surface area contributed by atoms with Gasteiger partial charge in [-0.2, -0.15) is 5.10 Å². The van der Waals surface area contributed by atoms with Crippen molar-refractivity contribution in [2.24, 2.45) is 0 Å². The number of nitrogens with zero attached hydrogens (tertiary/aromatic N) is 2. The van der Waals surface area contributed by atoms with Crippen LogP contribution in [0.5, 0.6) is 11.6 Å². The molecule has 138 valence electrons. The number of sulfonamides is 1. The van der Waals surface area contributed by atoms with Gasteiger partial charge in [-0.15, -0.1) is 0 Å². The first kappa shape index (κ1) is 20.0. The normalized spacial score (nSPS) is 12.0. The number of hydrogen-bond donors (Lipinski definition) is 1. The van der Waals surface area contributed by atoms with Crippen LogP contribution in [0.2, 0.25) is 10.0 Å². The van der Waals surface area contributed by atoms with Crippen LogP contribution in [0.3, 0.4) is 0 Å². The third kappa shape index (κ3) is 5.34. The summed E-state index contributed by atoms with van der Waals surface area (Å²) in [6.07, 6.45) is 1.75. The highest BCUT2D eigenvalue weighted by Crippen LogP contribution is 2.33. The van der Waals surface area contributed by atoms with Crippen molar-refractivity contribution in [1.82, 2.24) is 14.5 Å². The Hall–Kier alpha value is -1.28. The number of ether oxygens (including phenoxy) is 1. The molecule has 0 atom stereocenters. The van der Waals surface area contributed by atoms with Gasteiger partial charge in [0.1, 0.15) is 5.75 Å². The Balaban J connectivity index is 2.45. The maximum atomic E-state index is 11.4. The quantitative estimate of drug-likeness (QED) is 0.749. The molecule has 0 amide bonds. The Morgan fingerprint density at radius 3 is 2.32 bits per heavy atom. The molecule has 1 N–H and O–H groups in total. The summed E-state index contributed by atoms with van der Waals surface area (Å²) in [4.78, 5) is 0. The second-order valence-electron chi connectivity index (χ2n) is 5.92. The number of nitrogens with one attached hydrogen (secondary N) is 1. The molecule has 0 radical (unpaired) electrons. The number of benzene rings is 1. The van der Waals surface area contributed by atoms with E-state index in [0.29, 0.717) is 33.8 Å². The second kappa shape index (κ2) is 7.95. The van der Waals surface area contributed by atoms with Gasteiger partial charge in [-0.3, -0.25) is 0 Å². The zero-order valence-electron chi connectivity index (χ0n) is 14.5. The number of rotatable bonds is 7. The minimum atomic E-state index is -3.32. The largest absolute Gasteiger partial charge is 0.439 e. The molecule has 0 bridgehead atoms. The molecule has 1 heterocycles. The molecule has 0 aliphatic heterocycles. The van der Waals surface area contributed by atoms with Crippen molar-refractivity contribution in [3.63, 3.8) is 0 Å². The summed E-state index contributed by atoms with van der Waals surface area (Å²) < 4.78 is 33.0. The first-order valence-corrected chi connectivity index (χ1v) is 10.4. The third-order valence-corrected chi connectivity index (χ3v) is 4.54. The molecule has 1 aromatic heterocycles. The summed E-state index contributed by atoms with van der Waals surface area (Å²) in [5, 5.41) is 5.46. The van der Waals surface area contributed by atoms with Gasteiger partial charge in [0.05, 0.1) is 24.5 Å². The van der Waals surface area contributed by atoms with Gasteiger partial charge in [-0.25, -0.2) is 17.8 Å². The third-order valence-electron chi connectivity index (χ3n) is 3.44. The van der Waals surface area contributed by atoms with E-state index in [1.165, 1.54) is 0 Å². The first-order valence-electron chi connectivity index (χ1n) is 7.79. The maximum Gasteiger partial charge on any atom is 0.221 e. The molecular formula is C16H21Cl2N3O3S. The average Bonchev–Trinajstić information content (AvgIpc) is 2.81. The number of hydrogen-bond acceptors (Lipinski definition) is 4. The molecular weight excluding hydrogens is 385 g/mol. The number of halogens is 2. The summed E-state index contributed by atoms with van der Waals surface area (Å²) >= 11 is 12.1. The van der Waals surface area contributed by atoms with Crippen molar-refractivity contribution in [1.29, 1.82) is 0 Å². The fourth-order valence-electron chi connectivity index (χ4n) is 2.35. The summed E-state index contributed by atoms with van der Waals surface area (Å²) in [6, 6.07) is 4.98. The van der Waals surface area contributed by atoms with Gasteiger partial charge < -0.3 is 4.74 Å². The molecule has 2 rings (SSSR count). The van der Waals surface area contributed by atoms with Crippen LogP contribution in [0.15, 0.2) is 18.2 Å². The summed E-state index contributed by atoms with van der Waals surface area (Å²) in [5.74, 6) is 1.05. The van der Waals surface area contributed by atoms with Gasteiger partial charge in [0.15, 0.2) is 0 Å². The van der Waals surface area contributed by atoms with E-state index in [1.807, 2.05) is 20.8 Å². The van der Waals surface area contributed by atoms with Crippen LogP contribution in [0, 0.1) is 0 Å². The Morgan fingerprint density at radius 2 is 1.84 bits per heavy atom. The van der Waals surface area contributed by atoms with E-state index in [2.05, 4.69) is 9.82 Å². The second-order valence-corrected chi connectivity index (χ2v) is 8.63. The lowest BCUT2D eigenvalue weighted by atomic mass is 10.2. The van der Waals surface area contributed by atoms with Crippen molar-refractivity contribution in [2.45, 2.75) is 39.8 Å². The lowest BCUT2D eigenvalue weighted by Crippen LogP contribution is -2.22. The molecule has 9 heteroatoms. The zero-order valence-corrected chi connectivity index (χ0v) is 16.8. The van der Waals surface area contributed by atoms with E-state index in [1.54, 1.807) is 22.9 Å². The highest BCUT2D eigenvalue weighted by atomic mass is 35.5. The topological polar surface area (TPSA) is 73.2 Å². The minimum Gasteiger partial charge on any atom is -0.439 e. The van der Waals surface area contributed by atoms with Crippen molar-refractivity contribution in [2.75, 3.05) is 6.26 Å². The summed E-state index contributed by atoms with van der Waals surface area (Å²) in [6.45, 7) is 6.01. The van der Waals surface area contributed by atoms with Gasteiger partial charge in [0, 0.05) is 15.6 Å². The van der Waals surface area contributed by atoms with Crippen molar-refractivity contribution >= 4 is 33.2 Å². The van der Waals surface area contributed by atoms with Gasteiger partial charge in [-0.1, -0.05) is 30.1 Å². The van der Waals surface area contributed by atoms with Crippen LogP contribution in [-0.2, 0) is 23.0 Å². The van der Waals surface area contributed by atoms with Crippen molar-refractivity contribution in [3.05, 3.63) is 39.5 Å². The van der Waals surface area contributed by atoms with Gasteiger partial charge in [0.2, 0.25) is 15.9 Å². The highest BCUT2D eigenvalue weighted by molar-refractivity contribution is 7.88. The molecule has 0 unspecified atom stereocenters. The Morgan fingerprint density at radius 1 is 1.24 bits per heavy atom. The molecule has 6 nitrogen and oxygen atoms in total.